The number of hydrogen-bond donors (Lipinski definition) is 1. The van der Waals surface area contributed by atoms with Crippen molar-refractivity contribution < 1.29 is 4.79 Å². The van der Waals surface area contributed by atoms with E-state index in [9.17, 15) is 9.59 Å². The number of H-pyrrole nitrogens is 1. The summed E-state index contributed by atoms with van der Waals surface area (Å²) in [6.45, 7) is 5.37. The molecule has 4 nitrogen and oxygen atoms in total. The van der Waals surface area contributed by atoms with Crippen LogP contribution in [-0.2, 0) is 0 Å². The van der Waals surface area contributed by atoms with Crippen LogP contribution in [0.25, 0.3) is 0 Å². The molecule has 1 aliphatic rings. The Hall–Kier alpha value is -1.58. The van der Waals surface area contributed by atoms with Gasteiger partial charge >= 0.3 is 0 Å². The Balaban J connectivity index is 2.17. The minimum absolute atomic E-state index is 0.134. The molecule has 1 N–H and O–H groups in total. The number of carbonyl (C=O) groups excluding carboxylic acids is 1. The second kappa shape index (κ2) is 5.38. The second-order valence-electron chi connectivity index (χ2n) is 5.09. The van der Waals surface area contributed by atoms with Crippen LogP contribution in [0.1, 0.15) is 42.2 Å². The van der Waals surface area contributed by atoms with Crippen LogP contribution in [0.15, 0.2) is 17.1 Å². The predicted octanol–water partition coefficient (Wildman–Crippen LogP) is 1.95. The standard InChI is InChI=1S/C14H20N2O2/c1-3-6-16(9-11-4-5-11)14(18)12-8-15-10(2)7-13(12)17/h7-8,11H,3-6,9H2,1-2H3,(H,15,17). The van der Waals surface area contributed by atoms with Crippen molar-refractivity contribution in [3.8, 4) is 0 Å². The van der Waals surface area contributed by atoms with Gasteiger partial charge in [-0.25, -0.2) is 0 Å². The van der Waals surface area contributed by atoms with Gasteiger partial charge in [-0.2, -0.15) is 0 Å². The van der Waals surface area contributed by atoms with Gasteiger partial charge in [-0.1, -0.05) is 6.92 Å². The molecular weight excluding hydrogens is 228 g/mol. The Morgan fingerprint density at radius 2 is 2.22 bits per heavy atom. The van der Waals surface area contributed by atoms with Gasteiger partial charge in [-0.15, -0.1) is 0 Å². The molecule has 1 aromatic rings. The maximum absolute atomic E-state index is 12.3. The number of amides is 1. The first-order valence-corrected chi connectivity index (χ1v) is 6.60. The van der Waals surface area contributed by atoms with Crippen LogP contribution in [0, 0.1) is 12.8 Å². The fraction of sp³-hybridized carbons (Fsp3) is 0.571. The molecule has 0 aliphatic heterocycles. The average Bonchev–Trinajstić information content (AvgIpc) is 3.11. The number of carbonyl (C=O) groups is 1. The van der Waals surface area contributed by atoms with E-state index in [4.69, 9.17) is 0 Å². The molecular formula is C14H20N2O2. The molecule has 0 unspecified atom stereocenters. The first-order valence-electron chi connectivity index (χ1n) is 6.60. The molecule has 1 amide bonds. The lowest BCUT2D eigenvalue weighted by Crippen LogP contribution is -2.36. The molecule has 0 saturated heterocycles. The second-order valence-corrected chi connectivity index (χ2v) is 5.09. The lowest BCUT2D eigenvalue weighted by atomic mass is 10.2. The zero-order chi connectivity index (χ0) is 13.1. The Labute approximate surface area is 107 Å². The molecule has 0 spiro atoms. The lowest BCUT2D eigenvalue weighted by molar-refractivity contribution is 0.0746. The van der Waals surface area contributed by atoms with Crippen LogP contribution >= 0.6 is 0 Å². The minimum atomic E-state index is -0.187. The molecule has 2 rings (SSSR count). The number of nitrogens with one attached hydrogen (secondary N) is 1. The third kappa shape index (κ3) is 3.00. The Morgan fingerprint density at radius 3 is 2.78 bits per heavy atom. The van der Waals surface area contributed by atoms with E-state index in [1.807, 2.05) is 18.7 Å². The highest BCUT2D eigenvalue weighted by atomic mass is 16.2. The fourth-order valence-electron chi connectivity index (χ4n) is 2.07. The van der Waals surface area contributed by atoms with Crippen LogP contribution < -0.4 is 5.43 Å². The van der Waals surface area contributed by atoms with E-state index >= 15 is 0 Å². The quantitative estimate of drug-likeness (QED) is 0.865. The van der Waals surface area contributed by atoms with Crippen LogP contribution in [0.3, 0.4) is 0 Å². The highest BCUT2D eigenvalue weighted by molar-refractivity contribution is 5.93. The minimum Gasteiger partial charge on any atom is -0.364 e. The summed E-state index contributed by atoms with van der Waals surface area (Å²) in [6.07, 6.45) is 4.87. The summed E-state index contributed by atoms with van der Waals surface area (Å²) in [5.41, 5.74) is 0.851. The van der Waals surface area contributed by atoms with Gasteiger partial charge in [0.15, 0.2) is 5.43 Å². The van der Waals surface area contributed by atoms with E-state index < -0.39 is 0 Å². The van der Waals surface area contributed by atoms with Crippen molar-refractivity contribution in [1.29, 1.82) is 0 Å². The molecule has 1 aliphatic carbocycles. The van der Waals surface area contributed by atoms with Crippen molar-refractivity contribution in [2.24, 2.45) is 5.92 Å². The van der Waals surface area contributed by atoms with Crippen molar-refractivity contribution in [3.63, 3.8) is 0 Å². The molecule has 1 fully saturated rings. The Kier molecular flexibility index (Phi) is 3.84. The van der Waals surface area contributed by atoms with Crippen LogP contribution in [0.2, 0.25) is 0 Å². The molecule has 1 aromatic heterocycles. The summed E-state index contributed by atoms with van der Waals surface area (Å²) in [5, 5.41) is 0. The zero-order valence-electron chi connectivity index (χ0n) is 11.0. The summed E-state index contributed by atoms with van der Waals surface area (Å²) in [6, 6.07) is 1.48. The number of aromatic nitrogens is 1. The van der Waals surface area contributed by atoms with E-state index in [1.165, 1.54) is 25.1 Å². The Morgan fingerprint density at radius 1 is 1.50 bits per heavy atom. The Bertz CT molecular complexity index is 489. The predicted molar refractivity (Wildman–Crippen MR) is 70.7 cm³/mol. The van der Waals surface area contributed by atoms with Crippen molar-refractivity contribution in [1.82, 2.24) is 9.88 Å². The molecule has 0 atom stereocenters. The zero-order valence-corrected chi connectivity index (χ0v) is 11.0. The molecule has 1 saturated carbocycles. The smallest absolute Gasteiger partial charge is 0.259 e. The number of aromatic amines is 1. The van der Waals surface area contributed by atoms with Gasteiger partial charge in [-0.3, -0.25) is 9.59 Å². The SMILES string of the molecule is CCCN(CC1CC1)C(=O)c1c[nH]c(C)cc1=O. The summed E-state index contributed by atoms with van der Waals surface area (Å²) in [5.74, 6) is 0.509. The van der Waals surface area contributed by atoms with E-state index in [2.05, 4.69) is 4.98 Å². The lowest BCUT2D eigenvalue weighted by Gasteiger charge is -2.21. The summed E-state index contributed by atoms with van der Waals surface area (Å²) >= 11 is 0. The molecule has 98 valence electrons. The van der Waals surface area contributed by atoms with Gasteiger partial charge in [0.2, 0.25) is 0 Å². The topological polar surface area (TPSA) is 53.2 Å². The largest absolute Gasteiger partial charge is 0.364 e. The number of rotatable bonds is 5. The fourth-order valence-corrected chi connectivity index (χ4v) is 2.07. The molecule has 0 radical (unpaired) electrons. The normalized spacial score (nSPS) is 14.6. The van der Waals surface area contributed by atoms with Crippen molar-refractivity contribution in [3.05, 3.63) is 33.7 Å². The number of pyridine rings is 1. The number of hydrogen-bond acceptors (Lipinski definition) is 2. The van der Waals surface area contributed by atoms with Crippen LogP contribution in [0.5, 0.6) is 0 Å². The molecule has 0 aromatic carbocycles. The van der Waals surface area contributed by atoms with E-state index in [0.29, 0.717) is 5.92 Å². The average molecular weight is 248 g/mol. The van der Waals surface area contributed by atoms with Gasteiger partial charge in [0.1, 0.15) is 5.56 Å². The first kappa shape index (κ1) is 12.9. The van der Waals surface area contributed by atoms with Crippen molar-refractivity contribution in [2.75, 3.05) is 13.1 Å². The van der Waals surface area contributed by atoms with Gasteiger partial charge in [-0.05, 0) is 32.1 Å². The van der Waals surface area contributed by atoms with Crippen LogP contribution in [-0.4, -0.2) is 28.9 Å². The van der Waals surface area contributed by atoms with Gasteiger partial charge < -0.3 is 9.88 Å². The molecule has 1 heterocycles. The molecule has 4 heteroatoms. The van der Waals surface area contributed by atoms with E-state index in [1.54, 1.807) is 0 Å². The van der Waals surface area contributed by atoms with Crippen molar-refractivity contribution >= 4 is 5.91 Å². The third-order valence-corrected chi connectivity index (χ3v) is 3.24. The first-order chi connectivity index (χ1) is 8.61. The number of aryl methyl sites for hydroxylation is 1. The van der Waals surface area contributed by atoms with E-state index in [-0.39, 0.29) is 16.9 Å². The summed E-state index contributed by atoms with van der Waals surface area (Å²) in [4.78, 5) is 28.9. The number of nitrogens with zero attached hydrogens (tertiary/aromatic N) is 1. The summed E-state index contributed by atoms with van der Waals surface area (Å²) < 4.78 is 0. The van der Waals surface area contributed by atoms with Gasteiger partial charge in [0.05, 0.1) is 0 Å². The van der Waals surface area contributed by atoms with Gasteiger partial charge in [0, 0.05) is 31.0 Å². The van der Waals surface area contributed by atoms with Gasteiger partial charge in [0.25, 0.3) is 5.91 Å². The molecule has 18 heavy (non-hydrogen) atoms. The van der Waals surface area contributed by atoms with Crippen LogP contribution in [0.4, 0.5) is 0 Å². The van der Waals surface area contributed by atoms with E-state index in [0.717, 1.165) is 25.2 Å². The maximum atomic E-state index is 12.3. The van der Waals surface area contributed by atoms with Crippen molar-refractivity contribution in [2.45, 2.75) is 33.1 Å². The monoisotopic (exact) mass is 248 g/mol. The highest BCUT2D eigenvalue weighted by Gasteiger charge is 2.27. The highest BCUT2D eigenvalue weighted by Crippen LogP contribution is 2.30. The molecule has 0 bridgehead atoms. The third-order valence-electron chi connectivity index (χ3n) is 3.24. The maximum Gasteiger partial charge on any atom is 0.259 e. The summed E-state index contributed by atoms with van der Waals surface area (Å²) in [7, 11) is 0.